The average Bonchev–Trinajstić information content (AvgIpc) is 2.25. The number of nitrogens with two attached hydrogens (primary N) is 1. The molecule has 0 radical (unpaired) electrons. The minimum absolute atomic E-state index is 0.0834. The van der Waals surface area contributed by atoms with Crippen molar-refractivity contribution in [3.63, 3.8) is 0 Å². The zero-order valence-electron chi connectivity index (χ0n) is 9.02. The summed E-state index contributed by atoms with van der Waals surface area (Å²) in [6, 6.07) is 0. The summed E-state index contributed by atoms with van der Waals surface area (Å²) in [7, 11) is 0. The highest BCUT2D eigenvalue weighted by Crippen LogP contribution is 2.39. The molecular weight excluding hydrogens is 221 g/mol. The van der Waals surface area contributed by atoms with Crippen molar-refractivity contribution < 1.29 is 18.0 Å². The monoisotopic (exact) mass is 238 g/mol. The van der Waals surface area contributed by atoms with Crippen LogP contribution in [-0.2, 0) is 4.79 Å². The van der Waals surface area contributed by atoms with Gasteiger partial charge in [-0.3, -0.25) is 4.79 Å². The van der Waals surface area contributed by atoms with E-state index in [0.717, 1.165) is 0 Å². The molecule has 0 saturated heterocycles. The molecule has 2 atom stereocenters. The van der Waals surface area contributed by atoms with Crippen LogP contribution in [0, 0.1) is 11.8 Å². The Bertz CT molecular complexity index is 243. The minimum Gasteiger partial charge on any atom is -0.355 e. The Morgan fingerprint density at radius 2 is 2.06 bits per heavy atom. The van der Waals surface area contributed by atoms with Crippen LogP contribution in [0.25, 0.3) is 0 Å². The summed E-state index contributed by atoms with van der Waals surface area (Å²) >= 11 is 0. The molecule has 0 heterocycles. The van der Waals surface area contributed by atoms with Gasteiger partial charge in [0.05, 0.1) is 5.92 Å². The second kappa shape index (κ2) is 5.52. The number of rotatable bonds is 3. The fraction of sp³-hybridized carbons (Fsp3) is 0.900. The van der Waals surface area contributed by atoms with Gasteiger partial charge in [0.2, 0.25) is 5.91 Å². The van der Waals surface area contributed by atoms with Gasteiger partial charge in [0, 0.05) is 19.0 Å². The number of carbonyl (C=O) groups is 1. The van der Waals surface area contributed by atoms with E-state index in [9.17, 15) is 18.0 Å². The molecule has 0 aromatic rings. The summed E-state index contributed by atoms with van der Waals surface area (Å²) in [4.78, 5) is 11.5. The van der Waals surface area contributed by atoms with Crippen molar-refractivity contribution in [2.24, 2.45) is 17.6 Å². The molecule has 0 aromatic carbocycles. The molecule has 1 aliphatic carbocycles. The average molecular weight is 238 g/mol. The van der Waals surface area contributed by atoms with Crippen LogP contribution in [0.15, 0.2) is 0 Å². The smallest absolute Gasteiger partial charge is 0.355 e. The summed E-state index contributed by atoms with van der Waals surface area (Å²) in [5, 5.41) is 2.54. The van der Waals surface area contributed by atoms with Gasteiger partial charge >= 0.3 is 6.18 Å². The first-order valence-electron chi connectivity index (χ1n) is 5.49. The van der Waals surface area contributed by atoms with Crippen LogP contribution in [0.5, 0.6) is 0 Å². The van der Waals surface area contributed by atoms with Gasteiger partial charge in [-0.1, -0.05) is 6.42 Å². The fourth-order valence-electron chi connectivity index (χ4n) is 2.06. The van der Waals surface area contributed by atoms with Crippen molar-refractivity contribution in [2.45, 2.75) is 31.9 Å². The van der Waals surface area contributed by atoms with Crippen LogP contribution in [-0.4, -0.2) is 25.2 Å². The van der Waals surface area contributed by atoms with Crippen LogP contribution >= 0.6 is 0 Å². The maximum atomic E-state index is 12.5. The zero-order valence-corrected chi connectivity index (χ0v) is 9.02. The van der Waals surface area contributed by atoms with E-state index in [4.69, 9.17) is 5.73 Å². The molecule has 1 amide bonds. The highest BCUT2D eigenvalue weighted by molar-refractivity contribution is 5.78. The Hall–Kier alpha value is -0.780. The Morgan fingerprint density at radius 3 is 2.62 bits per heavy atom. The van der Waals surface area contributed by atoms with Crippen molar-refractivity contribution >= 4 is 5.91 Å². The molecule has 0 aliphatic heterocycles. The van der Waals surface area contributed by atoms with Crippen LogP contribution in [0.3, 0.4) is 0 Å². The van der Waals surface area contributed by atoms with Gasteiger partial charge in [-0.15, -0.1) is 0 Å². The summed E-state index contributed by atoms with van der Waals surface area (Å²) in [5.41, 5.74) is 5.21. The highest BCUT2D eigenvalue weighted by Gasteiger charge is 2.43. The third kappa shape index (κ3) is 3.66. The molecule has 1 saturated carbocycles. The van der Waals surface area contributed by atoms with E-state index in [1.165, 1.54) is 0 Å². The standard InChI is InChI=1S/C10H17F3N2O/c11-10(12,13)8-3-1-2-7(6-8)9(16)15-5-4-14/h7-8H,1-6,14H2,(H,15,16). The Labute approximate surface area is 92.6 Å². The molecule has 1 rings (SSSR count). The molecule has 16 heavy (non-hydrogen) atoms. The molecule has 3 nitrogen and oxygen atoms in total. The summed E-state index contributed by atoms with van der Waals surface area (Å²) in [6.07, 6.45) is -3.11. The lowest BCUT2D eigenvalue weighted by Crippen LogP contribution is -2.39. The maximum absolute atomic E-state index is 12.5. The lowest BCUT2D eigenvalue weighted by molar-refractivity contribution is -0.186. The normalized spacial score (nSPS) is 26.5. The van der Waals surface area contributed by atoms with E-state index in [2.05, 4.69) is 5.32 Å². The number of hydrogen-bond donors (Lipinski definition) is 2. The lowest BCUT2D eigenvalue weighted by atomic mass is 9.80. The number of alkyl halides is 3. The first-order chi connectivity index (χ1) is 7.45. The van der Waals surface area contributed by atoms with Crippen molar-refractivity contribution in [1.29, 1.82) is 0 Å². The summed E-state index contributed by atoms with van der Waals surface area (Å²) in [5.74, 6) is -2.12. The van der Waals surface area contributed by atoms with Gasteiger partial charge in [-0.2, -0.15) is 13.2 Å². The van der Waals surface area contributed by atoms with Gasteiger partial charge in [0.1, 0.15) is 0 Å². The molecule has 1 fully saturated rings. The summed E-state index contributed by atoms with van der Waals surface area (Å²) < 4.78 is 37.4. The topological polar surface area (TPSA) is 55.1 Å². The number of amides is 1. The van der Waals surface area contributed by atoms with Crippen molar-refractivity contribution in [2.75, 3.05) is 13.1 Å². The predicted octanol–water partition coefficient (Wildman–Crippen LogP) is 1.43. The molecule has 94 valence electrons. The number of carbonyl (C=O) groups excluding carboxylic acids is 1. The lowest BCUT2D eigenvalue weighted by Gasteiger charge is -2.29. The number of hydrogen-bond acceptors (Lipinski definition) is 2. The van der Waals surface area contributed by atoms with E-state index >= 15 is 0 Å². The van der Waals surface area contributed by atoms with E-state index in [-0.39, 0.29) is 18.7 Å². The molecule has 1 aliphatic rings. The van der Waals surface area contributed by atoms with Crippen LogP contribution in [0.2, 0.25) is 0 Å². The quantitative estimate of drug-likeness (QED) is 0.781. The van der Waals surface area contributed by atoms with E-state index in [0.29, 0.717) is 25.9 Å². The van der Waals surface area contributed by atoms with E-state index < -0.39 is 18.0 Å². The predicted molar refractivity (Wildman–Crippen MR) is 53.6 cm³/mol. The van der Waals surface area contributed by atoms with Crippen molar-refractivity contribution in [1.82, 2.24) is 5.32 Å². The fourth-order valence-corrected chi connectivity index (χ4v) is 2.06. The first-order valence-corrected chi connectivity index (χ1v) is 5.49. The van der Waals surface area contributed by atoms with Crippen LogP contribution in [0.4, 0.5) is 13.2 Å². The third-order valence-corrected chi connectivity index (χ3v) is 2.95. The van der Waals surface area contributed by atoms with Gasteiger partial charge in [0.15, 0.2) is 0 Å². The highest BCUT2D eigenvalue weighted by atomic mass is 19.4. The molecule has 0 aromatic heterocycles. The van der Waals surface area contributed by atoms with Crippen molar-refractivity contribution in [3.05, 3.63) is 0 Å². The largest absolute Gasteiger partial charge is 0.391 e. The second-order valence-electron chi connectivity index (χ2n) is 4.18. The number of halogens is 3. The van der Waals surface area contributed by atoms with Gasteiger partial charge in [-0.25, -0.2) is 0 Å². The molecule has 3 N–H and O–H groups in total. The third-order valence-electron chi connectivity index (χ3n) is 2.95. The van der Waals surface area contributed by atoms with Gasteiger partial charge in [-0.05, 0) is 19.3 Å². The SMILES string of the molecule is NCCNC(=O)C1CCCC(C(F)(F)F)C1. The number of nitrogens with one attached hydrogen (secondary N) is 1. The van der Waals surface area contributed by atoms with Gasteiger partial charge in [0.25, 0.3) is 0 Å². The van der Waals surface area contributed by atoms with E-state index in [1.807, 2.05) is 0 Å². The molecule has 0 bridgehead atoms. The molecule has 2 unspecified atom stereocenters. The molecule has 6 heteroatoms. The second-order valence-corrected chi connectivity index (χ2v) is 4.18. The van der Waals surface area contributed by atoms with Crippen LogP contribution < -0.4 is 11.1 Å². The zero-order chi connectivity index (χ0) is 12.2. The Kier molecular flexibility index (Phi) is 4.58. The van der Waals surface area contributed by atoms with Crippen LogP contribution in [0.1, 0.15) is 25.7 Å². The van der Waals surface area contributed by atoms with E-state index in [1.54, 1.807) is 0 Å². The van der Waals surface area contributed by atoms with Crippen molar-refractivity contribution in [3.8, 4) is 0 Å². The summed E-state index contributed by atoms with van der Waals surface area (Å²) in [6.45, 7) is 0.632. The first kappa shape index (κ1) is 13.3. The Morgan fingerprint density at radius 1 is 1.38 bits per heavy atom. The minimum atomic E-state index is -4.17. The Balaban J connectivity index is 2.47. The molecule has 0 spiro atoms. The van der Waals surface area contributed by atoms with Gasteiger partial charge < -0.3 is 11.1 Å². The maximum Gasteiger partial charge on any atom is 0.391 e. The molecular formula is C10H17F3N2O.